The zero-order valence-electron chi connectivity index (χ0n) is 18.8. The molecule has 4 rings (SSSR count). The maximum absolute atomic E-state index is 13.7. The predicted molar refractivity (Wildman–Crippen MR) is 128 cm³/mol. The van der Waals surface area contributed by atoms with Crippen LogP contribution < -0.4 is 5.32 Å². The van der Waals surface area contributed by atoms with Gasteiger partial charge in [-0.1, -0.05) is 50.0 Å². The van der Waals surface area contributed by atoms with Crippen molar-refractivity contribution in [1.82, 2.24) is 9.88 Å². The quantitative estimate of drug-likeness (QED) is 0.523. The van der Waals surface area contributed by atoms with Gasteiger partial charge < -0.3 is 9.88 Å². The van der Waals surface area contributed by atoms with Crippen molar-refractivity contribution >= 4 is 50.5 Å². The standard InChI is InChI=1S/C23H29Cl2N3O3S/c1-13-17(20(29)27-21-22(2,3)14-8-9-23(21,4)12-14)15-6-7-16(24)18(25)19(15)28(13)11-5-10-26-32(30)31/h6-7,14,21H,5,8-12H2,1-4H3,(H,27,29). The van der Waals surface area contributed by atoms with Gasteiger partial charge in [-0.2, -0.15) is 12.8 Å². The van der Waals surface area contributed by atoms with E-state index in [1.54, 1.807) is 6.07 Å². The Hall–Kier alpha value is -1.57. The van der Waals surface area contributed by atoms with E-state index in [1.165, 1.54) is 6.42 Å². The van der Waals surface area contributed by atoms with E-state index in [4.69, 9.17) is 23.2 Å². The molecule has 0 saturated heterocycles. The molecule has 1 amide bonds. The summed E-state index contributed by atoms with van der Waals surface area (Å²) < 4.78 is 26.9. The summed E-state index contributed by atoms with van der Waals surface area (Å²) in [5.74, 6) is 0.533. The molecule has 0 radical (unpaired) electrons. The average Bonchev–Trinajstić information content (AvgIpc) is 3.30. The molecule has 2 aliphatic carbocycles. The van der Waals surface area contributed by atoms with Gasteiger partial charge in [0.25, 0.3) is 5.91 Å². The largest absolute Gasteiger partial charge is 0.348 e. The molecule has 1 aromatic carbocycles. The summed E-state index contributed by atoms with van der Waals surface area (Å²) in [6.07, 6.45) is 4.01. The van der Waals surface area contributed by atoms with Crippen LogP contribution in [0.4, 0.5) is 0 Å². The van der Waals surface area contributed by atoms with E-state index < -0.39 is 10.5 Å². The molecular weight excluding hydrogens is 469 g/mol. The number of nitrogens with zero attached hydrogens (tertiary/aromatic N) is 2. The highest BCUT2D eigenvalue weighted by molar-refractivity contribution is 7.61. The second-order valence-corrected chi connectivity index (χ2v) is 11.6. The lowest BCUT2D eigenvalue weighted by molar-refractivity contribution is 0.0738. The maximum Gasteiger partial charge on any atom is 0.311 e. The van der Waals surface area contributed by atoms with Crippen molar-refractivity contribution in [2.75, 3.05) is 6.54 Å². The molecule has 174 valence electrons. The van der Waals surface area contributed by atoms with E-state index in [-0.39, 0.29) is 29.3 Å². The van der Waals surface area contributed by atoms with Crippen LogP contribution in [-0.4, -0.2) is 31.5 Å². The van der Waals surface area contributed by atoms with Crippen molar-refractivity contribution < 1.29 is 13.2 Å². The third kappa shape index (κ3) is 3.76. The Morgan fingerprint density at radius 1 is 1.28 bits per heavy atom. The van der Waals surface area contributed by atoms with Gasteiger partial charge in [0, 0.05) is 23.7 Å². The number of carbonyl (C=O) groups excluding carboxylic acids is 1. The van der Waals surface area contributed by atoms with Crippen LogP contribution in [0.5, 0.6) is 0 Å². The molecule has 9 heteroatoms. The molecule has 1 heterocycles. The third-order valence-electron chi connectivity index (χ3n) is 7.88. The van der Waals surface area contributed by atoms with Gasteiger partial charge in [0.05, 0.1) is 27.7 Å². The molecule has 6 nitrogen and oxygen atoms in total. The first-order valence-electron chi connectivity index (χ1n) is 11.0. The van der Waals surface area contributed by atoms with Gasteiger partial charge >= 0.3 is 10.5 Å². The molecule has 1 N–H and O–H groups in total. The lowest BCUT2D eigenvalue weighted by atomic mass is 9.68. The summed E-state index contributed by atoms with van der Waals surface area (Å²) in [6, 6.07) is 3.66. The van der Waals surface area contributed by atoms with E-state index in [9.17, 15) is 13.2 Å². The van der Waals surface area contributed by atoms with Crippen LogP contribution in [0.2, 0.25) is 10.0 Å². The molecule has 2 bridgehead atoms. The first kappa shape index (κ1) is 23.6. The number of rotatable bonds is 6. The molecule has 3 atom stereocenters. The van der Waals surface area contributed by atoms with Crippen LogP contribution in [0.1, 0.15) is 62.5 Å². The predicted octanol–water partition coefficient (Wildman–Crippen LogP) is 5.65. The number of nitrogens with one attached hydrogen (secondary N) is 1. The topological polar surface area (TPSA) is 80.5 Å². The molecule has 32 heavy (non-hydrogen) atoms. The van der Waals surface area contributed by atoms with Crippen LogP contribution in [0.3, 0.4) is 0 Å². The highest BCUT2D eigenvalue weighted by atomic mass is 35.5. The van der Waals surface area contributed by atoms with Gasteiger partial charge in [0.2, 0.25) is 0 Å². The number of amides is 1. The minimum Gasteiger partial charge on any atom is -0.348 e. The van der Waals surface area contributed by atoms with Crippen molar-refractivity contribution in [2.45, 2.75) is 66.0 Å². The van der Waals surface area contributed by atoms with Gasteiger partial charge in [0.15, 0.2) is 0 Å². The first-order chi connectivity index (χ1) is 15.0. The van der Waals surface area contributed by atoms with Crippen LogP contribution in [-0.2, 0) is 17.0 Å². The number of fused-ring (bicyclic) bond motifs is 3. The van der Waals surface area contributed by atoms with Gasteiger partial charge in [0.1, 0.15) is 0 Å². The van der Waals surface area contributed by atoms with E-state index >= 15 is 0 Å². The molecular formula is C23H29Cl2N3O3S. The van der Waals surface area contributed by atoms with Crippen LogP contribution in [0.15, 0.2) is 16.5 Å². The first-order valence-corrected chi connectivity index (χ1v) is 12.8. The lowest BCUT2D eigenvalue weighted by Gasteiger charge is -2.43. The summed E-state index contributed by atoms with van der Waals surface area (Å²) in [5, 5.41) is 4.95. The smallest absolute Gasteiger partial charge is 0.311 e. The van der Waals surface area contributed by atoms with Gasteiger partial charge in [-0.15, -0.1) is 0 Å². The average molecular weight is 498 g/mol. The zero-order valence-corrected chi connectivity index (χ0v) is 21.2. The summed E-state index contributed by atoms with van der Waals surface area (Å²) in [7, 11) is -2.43. The molecule has 2 fully saturated rings. The summed E-state index contributed by atoms with van der Waals surface area (Å²) >= 11 is 12.9. The maximum atomic E-state index is 13.7. The minimum absolute atomic E-state index is 0.0470. The molecule has 3 unspecified atom stereocenters. The van der Waals surface area contributed by atoms with E-state index in [0.717, 1.165) is 23.9 Å². The Morgan fingerprint density at radius 2 is 2.00 bits per heavy atom. The van der Waals surface area contributed by atoms with Gasteiger partial charge in [-0.25, -0.2) is 0 Å². The molecule has 1 aromatic heterocycles. The van der Waals surface area contributed by atoms with Crippen LogP contribution >= 0.6 is 23.2 Å². The van der Waals surface area contributed by atoms with E-state index in [2.05, 4.69) is 30.5 Å². The normalized spacial score (nSPS) is 25.9. The fourth-order valence-electron chi connectivity index (χ4n) is 6.30. The highest BCUT2D eigenvalue weighted by Crippen LogP contribution is 2.62. The van der Waals surface area contributed by atoms with Crippen LogP contribution in [0.25, 0.3) is 10.9 Å². The van der Waals surface area contributed by atoms with E-state index in [0.29, 0.717) is 40.0 Å². The van der Waals surface area contributed by atoms with Crippen molar-refractivity contribution in [3.63, 3.8) is 0 Å². The monoisotopic (exact) mass is 497 g/mol. The highest BCUT2D eigenvalue weighted by Gasteiger charge is 2.59. The molecule has 2 aliphatic rings. The second-order valence-electron chi connectivity index (χ2n) is 10.1. The third-order valence-corrected chi connectivity index (χ3v) is 9.07. The Balaban J connectivity index is 1.72. The van der Waals surface area contributed by atoms with Crippen LogP contribution in [0, 0.1) is 23.7 Å². The Kier molecular flexibility index (Phi) is 6.14. The SMILES string of the molecule is Cc1c(C(=O)NC2C3(C)CCC(C3)C2(C)C)c2ccc(Cl)c(Cl)c2n1CCCN=S(=O)=O. The van der Waals surface area contributed by atoms with Crippen molar-refractivity contribution in [3.8, 4) is 0 Å². The number of carbonyl (C=O) groups is 1. The van der Waals surface area contributed by atoms with Crippen molar-refractivity contribution in [1.29, 1.82) is 0 Å². The summed E-state index contributed by atoms with van der Waals surface area (Å²) in [6.45, 7) is 9.38. The number of aromatic nitrogens is 1. The molecule has 2 aromatic rings. The van der Waals surface area contributed by atoms with Crippen molar-refractivity contribution in [2.24, 2.45) is 21.1 Å². The number of hydrogen-bond donors (Lipinski definition) is 1. The summed E-state index contributed by atoms with van der Waals surface area (Å²) in [5.41, 5.74) is 2.25. The number of aryl methyl sites for hydroxylation is 1. The van der Waals surface area contributed by atoms with Gasteiger partial charge in [-0.3, -0.25) is 4.79 Å². The van der Waals surface area contributed by atoms with Crippen molar-refractivity contribution in [3.05, 3.63) is 33.4 Å². The zero-order chi connectivity index (χ0) is 23.4. The minimum atomic E-state index is -2.43. The lowest BCUT2D eigenvalue weighted by Crippen LogP contribution is -2.52. The summed E-state index contributed by atoms with van der Waals surface area (Å²) in [4.78, 5) is 13.7. The molecule has 0 aliphatic heterocycles. The van der Waals surface area contributed by atoms with Gasteiger partial charge in [-0.05, 0) is 55.4 Å². The number of halogens is 2. The number of benzene rings is 1. The van der Waals surface area contributed by atoms with E-state index in [1.807, 2.05) is 17.6 Å². The molecule has 0 spiro atoms. The second kappa shape index (κ2) is 8.33. The Morgan fingerprint density at radius 3 is 2.62 bits per heavy atom. The fraction of sp³-hybridized carbons (Fsp3) is 0.609. The molecule has 2 saturated carbocycles. The fourth-order valence-corrected chi connectivity index (χ4v) is 7.00. The Bertz CT molecular complexity index is 1220. The number of hydrogen-bond acceptors (Lipinski definition) is 4. The Labute approximate surface area is 200 Å².